The SMILES string of the molecule is COc1ccc(Nc2n[nH]nc2C(=O)Nc2ccc(C)cc2Cl)cc1. The first kappa shape index (κ1) is 16.8. The van der Waals surface area contributed by atoms with Crippen LogP contribution in [-0.4, -0.2) is 28.4 Å². The first-order chi connectivity index (χ1) is 12.1. The van der Waals surface area contributed by atoms with E-state index in [9.17, 15) is 4.79 Å². The molecule has 0 saturated carbocycles. The second-order valence-electron chi connectivity index (χ2n) is 5.31. The van der Waals surface area contributed by atoms with E-state index in [2.05, 4.69) is 26.0 Å². The molecule has 0 spiro atoms. The Morgan fingerprint density at radius 1 is 1.16 bits per heavy atom. The number of carbonyl (C=O) groups is 1. The van der Waals surface area contributed by atoms with Crippen LogP contribution in [0.15, 0.2) is 42.5 Å². The summed E-state index contributed by atoms with van der Waals surface area (Å²) < 4.78 is 5.11. The minimum absolute atomic E-state index is 0.132. The summed E-state index contributed by atoms with van der Waals surface area (Å²) >= 11 is 6.15. The highest BCUT2D eigenvalue weighted by Gasteiger charge is 2.18. The van der Waals surface area contributed by atoms with Gasteiger partial charge < -0.3 is 15.4 Å². The number of nitrogens with one attached hydrogen (secondary N) is 3. The highest BCUT2D eigenvalue weighted by atomic mass is 35.5. The highest BCUT2D eigenvalue weighted by Crippen LogP contribution is 2.25. The number of H-pyrrole nitrogens is 1. The lowest BCUT2D eigenvalue weighted by Crippen LogP contribution is -2.14. The average molecular weight is 358 g/mol. The van der Waals surface area contributed by atoms with E-state index in [0.29, 0.717) is 16.5 Å². The van der Waals surface area contributed by atoms with Crippen molar-refractivity contribution in [2.45, 2.75) is 6.92 Å². The number of aromatic amines is 1. The van der Waals surface area contributed by atoms with Gasteiger partial charge in [0.15, 0.2) is 11.5 Å². The minimum atomic E-state index is -0.421. The number of amides is 1. The zero-order chi connectivity index (χ0) is 17.8. The molecule has 3 rings (SSSR count). The number of hydrogen-bond acceptors (Lipinski definition) is 5. The molecule has 0 aliphatic rings. The van der Waals surface area contributed by atoms with E-state index < -0.39 is 5.91 Å². The number of aryl methyl sites for hydroxylation is 1. The first-order valence-electron chi connectivity index (χ1n) is 7.46. The Labute approximate surface area is 149 Å². The molecule has 2 aromatic carbocycles. The lowest BCUT2D eigenvalue weighted by atomic mass is 10.2. The van der Waals surface area contributed by atoms with Crippen molar-refractivity contribution < 1.29 is 9.53 Å². The summed E-state index contributed by atoms with van der Waals surface area (Å²) in [5.74, 6) is 0.624. The Morgan fingerprint density at radius 2 is 1.92 bits per heavy atom. The average Bonchev–Trinajstić information content (AvgIpc) is 3.06. The Balaban J connectivity index is 1.76. The predicted molar refractivity (Wildman–Crippen MR) is 96.8 cm³/mol. The third-order valence-electron chi connectivity index (χ3n) is 3.49. The summed E-state index contributed by atoms with van der Waals surface area (Å²) in [7, 11) is 1.60. The Kier molecular flexibility index (Phi) is 4.85. The predicted octanol–water partition coefficient (Wildman–Crippen LogP) is 3.77. The molecule has 0 bridgehead atoms. The van der Waals surface area contributed by atoms with Crippen molar-refractivity contribution in [1.29, 1.82) is 0 Å². The summed E-state index contributed by atoms with van der Waals surface area (Å²) in [5.41, 5.74) is 2.39. The number of halogens is 1. The van der Waals surface area contributed by atoms with Gasteiger partial charge in [-0.05, 0) is 48.9 Å². The number of rotatable bonds is 5. The van der Waals surface area contributed by atoms with E-state index in [-0.39, 0.29) is 5.69 Å². The van der Waals surface area contributed by atoms with Crippen LogP contribution in [0.25, 0.3) is 0 Å². The summed E-state index contributed by atoms with van der Waals surface area (Å²) in [6, 6.07) is 12.6. The molecule has 1 heterocycles. The Hall–Kier alpha value is -3.06. The van der Waals surface area contributed by atoms with Gasteiger partial charge in [0.25, 0.3) is 5.91 Å². The van der Waals surface area contributed by atoms with Gasteiger partial charge in [0.05, 0.1) is 17.8 Å². The monoisotopic (exact) mass is 357 g/mol. The molecule has 0 unspecified atom stereocenters. The quantitative estimate of drug-likeness (QED) is 0.646. The molecular formula is C17H16ClN5O2. The largest absolute Gasteiger partial charge is 0.497 e. The molecule has 0 atom stereocenters. The van der Waals surface area contributed by atoms with Crippen LogP contribution in [0.2, 0.25) is 5.02 Å². The van der Waals surface area contributed by atoms with Crippen molar-refractivity contribution in [3.05, 3.63) is 58.7 Å². The third kappa shape index (κ3) is 3.89. The van der Waals surface area contributed by atoms with Crippen LogP contribution in [0.4, 0.5) is 17.2 Å². The van der Waals surface area contributed by atoms with Crippen molar-refractivity contribution in [3.63, 3.8) is 0 Å². The van der Waals surface area contributed by atoms with Crippen LogP contribution in [0, 0.1) is 6.92 Å². The van der Waals surface area contributed by atoms with Gasteiger partial charge in [0.1, 0.15) is 5.75 Å². The smallest absolute Gasteiger partial charge is 0.280 e. The van der Waals surface area contributed by atoms with Gasteiger partial charge in [0, 0.05) is 5.69 Å². The minimum Gasteiger partial charge on any atom is -0.497 e. The van der Waals surface area contributed by atoms with E-state index >= 15 is 0 Å². The lowest BCUT2D eigenvalue weighted by Gasteiger charge is -2.08. The van der Waals surface area contributed by atoms with Gasteiger partial charge in [-0.25, -0.2) is 0 Å². The van der Waals surface area contributed by atoms with Crippen molar-refractivity contribution in [3.8, 4) is 5.75 Å². The second-order valence-corrected chi connectivity index (χ2v) is 5.72. The molecule has 1 aromatic heterocycles. The summed E-state index contributed by atoms with van der Waals surface area (Å²) in [6.45, 7) is 1.92. The van der Waals surface area contributed by atoms with Crippen LogP contribution in [0.5, 0.6) is 5.75 Å². The molecule has 25 heavy (non-hydrogen) atoms. The summed E-state index contributed by atoms with van der Waals surface area (Å²) in [4.78, 5) is 12.5. The Morgan fingerprint density at radius 3 is 2.60 bits per heavy atom. The van der Waals surface area contributed by atoms with Crippen LogP contribution < -0.4 is 15.4 Å². The number of methoxy groups -OCH3 is 1. The maximum absolute atomic E-state index is 12.5. The number of nitrogens with zero attached hydrogens (tertiary/aromatic N) is 2. The number of carbonyl (C=O) groups excluding carboxylic acids is 1. The number of benzene rings is 2. The zero-order valence-electron chi connectivity index (χ0n) is 13.6. The molecule has 0 aliphatic carbocycles. The molecule has 8 heteroatoms. The number of aromatic nitrogens is 3. The fourth-order valence-corrected chi connectivity index (χ4v) is 2.47. The Bertz CT molecular complexity index is 892. The summed E-state index contributed by atoms with van der Waals surface area (Å²) in [6.07, 6.45) is 0. The molecule has 3 N–H and O–H groups in total. The van der Waals surface area contributed by atoms with Gasteiger partial charge in [0.2, 0.25) is 0 Å². The molecule has 3 aromatic rings. The van der Waals surface area contributed by atoms with E-state index in [1.165, 1.54) is 0 Å². The van der Waals surface area contributed by atoms with E-state index in [4.69, 9.17) is 16.3 Å². The van der Waals surface area contributed by atoms with E-state index in [0.717, 1.165) is 17.0 Å². The van der Waals surface area contributed by atoms with Gasteiger partial charge >= 0.3 is 0 Å². The lowest BCUT2D eigenvalue weighted by molar-refractivity contribution is 0.102. The highest BCUT2D eigenvalue weighted by molar-refractivity contribution is 6.34. The number of anilines is 3. The maximum Gasteiger partial charge on any atom is 0.280 e. The number of hydrogen-bond donors (Lipinski definition) is 3. The van der Waals surface area contributed by atoms with Gasteiger partial charge in [-0.1, -0.05) is 17.7 Å². The standard InChI is InChI=1S/C17H16ClN5O2/c1-10-3-8-14(13(18)9-10)20-17(24)15-16(22-23-21-15)19-11-4-6-12(25-2)7-5-11/h3-9H,1-2H3,(H,20,24)(H2,19,21,22,23). The second kappa shape index (κ2) is 7.23. The van der Waals surface area contributed by atoms with E-state index in [1.807, 2.05) is 25.1 Å². The molecule has 0 saturated heterocycles. The van der Waals surface area contributed by atoms with Crippen molar-refractivity contribution in [2.75, 3.05) is 17.7 Å². The molecule has 0 radical (unpaired) electrons. The van der Waals surface area contributed by atoms with Crippen molar-refractivity contribution >= 4 is 34.7 Å². The van der Waals surface area contributed by atoms with Crippen molar-refractivity contribution in [1.82, 2.24) is 15.4 Å². The molecule has 0 fully saturated rings. The molecule has 128 valence electrons. The van der Waals surface area contributed by atoms with Crippen LogP contribution in [0.3, 0.4) is 0 Å². The van der Waals surface area contributed by atoms with Gasteiger partial charge in [-0.15, -0.1) is 10.2 Å². The topological polar surface area (TPSA) is 91.9 Å². The summed E-state index contributed by atoms with van der Waals surface area (Å²) in [5, 5.41) is 16.6. The maximum atomic E-state index is 12.5. The fraction of sp³-hybridized carbons (Fsp3) is 0.118. The number of ether oxygens (including phenoxy) is 1. The first-order valence-corrected chi connectivity index (χ1v) is 7.84. The van der Waals surface area contributed by atoms with Gasteiger partial charge in [-0.2, -0.15) is 5.21 Å². The van der Waals surface area contributed by atoms with Gasteiger partial charge in [-0.3, -0.25) is 4.79 Å². The van der Waals surface area contributed by atoms with Crippen LogP contribution in [0.1, 0.15) is 16.1 Å². The molecule has 7 nitrogen and oxygen atoms in total. The zero-order valence-corrected chi connectivity index (χ0v) is 14.4. The van der Waals surface area contributed by atoms with Crippen molar-refractivity contribution in [2.24, 2.45) is 0 Å². The molecule has 1 amide bonds. The molecular weight excluding hydrogens is 342 g/mol. The van der Waals surface area contributed by atoms with E-state index in [1.54, 1.807) is 31.4 Å². The fourth-order valence-electron chi connectivity index (χ4n) is 2.19. The van der Waals surface area contributed by atoms with Crippen LogP contribution in [-0.2, 0) is 0 Å². The van der Waals surface area contributed by atoms with Crippen LogP contribution >= 0.6 is 11.6 Å². The molecule has 0 aliphatic heterocycles. The normalized spacial score (nSPS) is 10.4. The third-order valence-corrected chi connectivity index (χ3v) is 3.80.